The zero-order chi connectivity index (χ0) is 17.0. The van der Waals surface area contributed by atoms with Gasteiger partial charge in [-0.1, -0.05) is 18.2 Å². The number of fused-ring (bicyclic) bond motifs is 1. The lowest BCUT2D eigenvalue weighted by molar-refractivity contribution is -0.121. The molecular formula is C17H20N2O4S. The molecule has 1 aromatic carbocycles. The van der Waals surface area contributed by atoms with E-state index in [4.69, 9.17) is 4.42 Å². The first-order valence-electron chi connectivity index (χ1n) is 7.96. The van der Waals surface area contributed by atoms with Crippen LogP contribution in [0.4, 0.5) is 0 Å². The van der Waals surface area contributed by atoms with Crippen molar-refractivity contribution in [2.75, 3.05) is 6.54 Å². The molecular weight excluding hydrogens is 328 g/mol. The molecule has 2 aromatic rings. The third kappa shape index (κ3) is 3.85. The summed E-state index contributed by atoms with van der Waals surface area (Å²) in [5.74, 6) is 0.751. The first-order chi connectivity index (χ1) is 11.6. The highest BCUT2D eigenvalue weighted by molar-refractivity contribution is 7.89. The third-order valence-electron chi connectivity index (χ3n) is 4.08. The lowest BCUT2D eigenvalue weighted by Gasteiger charge is -2.22. The van der Waals surface area contributed by atoms with Gasteiger partial charge in [0, 0.05) is 24.9 Å². The van der Waals surface area contributed by atoms with Gasteiger partial charge in [0.05, 0.1) is 17.2 Å². The molecule has 7 heteroatoms. The van der Waals surface area contributed by atoms with E-state index < -0.39 is 10.0 Å². The topological polar surface area (TPSA) is 88.4 Å². The van der Waals surface area contributed by atoms with E-state index in [0.717, 1.165) is 30.6 Å². The van der Waals surface area contributed by atoms with Crippen molar-refractivity contribution in [2.24, 2.45) is 0 Å². The monoisotopic (exact) mass is 348 g/mol. The molecule has 1 heterocycles. The van der Waals surface area contributed by atoms with Crippen LogP contribution in [0.5, 0.6) is 0 Å². The van der Waals surface area contributed by atoms with E-state index in [2.05, 4.69) is 10.0 Å². The number of aryl methyl sites for hydroxylation is 1. The van der Waals surface area contributed by atoms with Crippen LogP contribution in [0.2, 0.25) is 0 Å². The lowest BCUT2D eigenvalue weighted by Crippen LogP contribution is -2.34. The van der Waals surface area contributed by atoms with Crippen LogP contribution < -0.4 is 10.0 Å². The summed E-state index contributed by atoms with van der Waals surface area (Å²) in [6.07, 6.45) is 4.46. The molecule has 0 radical (unpaired) electrons. The fourth-order valence-electron chi connectivity index (χ4n) is 2.88. The predicted octanol–water partition coefficient (Wildman–Crippen LogP) is 2.14. The Kier molecular flexibility index (Phi) is 5.01. The van der Waals surface area contributed by atoms with Crippen LogP contribution in [-0.4, -0.2) is 20.9 Å². The number of amides is 1. The molecule has 1 amide bonds. The second-order valence-electron chi connectivity index (χ2n) is 5.77. The summed E-state index contributed by atoms with van der Waals surface area (Å²) in [4.78, 5) is 12.3. The third-order valence-corrected chi connectivity index (χ3v) is 5.56. The van der Waals surface area contributed by atoms with Crippen molar-refractivity contribution in [3.63, 3.8) is 0 Å². The molecule has 0 spiro atoms. The Morgan fingerprint density at radius 2 is 2.00 bits per heavy atom. The minimum atomic E-state index is -3.57. The molecule has 0 aliphatic heterocycles. The first-order valence-corrected chi connectivity index (χ1v) is 9.45. The van der Waals surface area contributed by atoms with Gasteiger partial charge >= 0.3 is 0 Å². The minimum absolute atomic E-state index is 0.0502. The van der Waals surface area contributed by atoms with Crippen LogP contribution in [-0.2, 0) is 21.2 Å². The Hall–Kier alpha value is -2.12. The molecule has 1 aliphatic rings. The summed E-state index contributed by atoms with van der Waals surface area (Å²) in [5.41, 5.74) is 1.03. The Bertz CT molecular complexity index is 799. The van der Waals surface area contributed by atoms with Crippen molar-refractivity contribution < 1.29 is 17.6 Å². The van der Waals surface area contributed by atoms with Crippen LogP contribution >= 0.6 is 0 Å². The summed E-state index contributed by atoms with van der Waals surface area (Å²) in [5, 5.41) is 2.95. The van der Waals surface area contributed by atoms with Crippen molar-refractivity contribution >= 4 is 15.9 Å². The van der Waals surface area contributed by atoms with Gasteiger partial charge in [-0.15, -0.1) is 0 Å². The van der Waals surface area contributed by atoms with E-state index in [1.807, 2.05) is 6.07 Å². The molecule has 0 saturated heterocycles. The number of sulfonamides is 1. The Labute approximate surface area is 141 Å². The van der Waals surface area contributed by atoms with Gasteiger partial charge in [-0.25, -0.2) is 13.1 Å². The van der Waals surface area contributed by atoms with Gasteiger partial charge in [0.15, 0.2) is 0 Å². The zero-order valence-electron chi connectivity index (χ0n) is 13.2. The standard InChI is InChI=1S/C17H20N2O4S/c20-17(19-15-7-4-8-16-14(15)10-12-23-16)9-11-18-24(21,22)13-5-2-1-3-6-13/h1-3,5-6,10,12,15,18H,4,7-9,11H2,(H,19,20)/t15-/m1/s1. The normalized spacial score (nSPS) is 17.2. The largest absolute Gasteiger partial charge is 0.469 e. The number of nitrogens with one attached hydrogen (secondary N) is 2. The maximum absolute atomic E-state index is 12.1. The van der Waals surface area contributed by atoms with E-state index >= 15 is 0 Å². The molecule has 1 aliphatic carbocycles. The number of carbonyl (C=O) groups excluding carboxylic acids is 1. The van der Waals surface area contributed by atoms with Crippen molar-refractivity contribution in [3.8, 4) is 0 Å². The molecule has 0 saturated carbocycles. The second kappa shape index (κ2) is 7.19. The molecule has 0 bridgehead atoms. The van der Waals surface area contributed by atoms with Gasteiger partial charge in [0.1, 0.15) is 5.76 Å². The van der Waals surface area contributed by atoms with Crippen molar-refractivity contribution in [1.29, 1.82) is 0 Å². The smallest absolute Gasteiger partial charge is 0.240 e. The fraction of sp³-hybridized carbons (Fsp3) is 0.353. The number of carbonyl (C=O) groups is 1. The van der Waals surface area contributed by atoms with Gasteiger partial charge in [-0.05, 0) is 31.0 Å². The lowest BCUT2D eigenvalue weighted by atomic mass is 9.93. The number of hydrogen-bond acceptors (Lipinski definition) is 4. The van der Waals surface area contributed by atoms with E-state index in [9.17, 15) is 13.2 Å². The van der Waals surface area contributed by atoms with Crippen molar-refractivity contribution in [1.82, 2.24) is 10.0 Å². The zero-order valence-corrected chi connectivity index (χ0v) is 14.0. The van der Waals surface area contributed by atoms with Crippen LogP contribution in [0.25, 0.3) is 0 Å². The minimum Gasteiger partial charge on any atom is -0.469 e. The van der Waals surface area contributed by atoms with E-state index in [1.165, 1.54) is 12.1 Å². The van der Waals surface area contributed by atoms with Gasteiger partial charge in [0.25, 0.3) is 0 Å². The van der Waals surface area contributed by atoms with Gasteiger partial charge in [-0.2, -0.15) is 0 Å². The van der Waals surface area contributed by atoms with Gasteiger partial charge < -0.3 is 9.73 Å². The van der Waals surface area contributed by atoms with E-state index in [1.54, 1.807) is 24.5 Å². The number of benzene rings is 1. The summed E-state index contributed by atoms with van der Waals surface area (Å²) in [6, 6.07) is 9.94. The molecule has 1 atom stereocenters. The molecule has 0 fully saturated rings. The molecule has 6 nitrogen and oxygen atoms in total. The molecule has 3 rings (SSSR count). The number of furan rings is 1. The van der Waals surface area contributed by atoms with Crippen LogP contribution in [0.1, 0.15) is 36.6 Å². The molecule has 1 aromatic heterocycles. The van der Waals surface area contributed by atoms with Gasteiger partial charge in [0.2, 0.25) is 15.9 Å². The Balaban J connectivity index is 1.50. The fourth-order valence-corrected chi connectivity index (χ4v) is 3.94. The van der Waals surface area contributed by atoms with Crippen LogP contribution in [0.15, 0.2) is 52.0 Å². The molecule has 0 unspecified atom stereocenters. The number of rotatable bonds is 6. The predicted molar refractivity (Wildman–Crippen MR) is 88.8 cm³/mol. The van der Waals surface area contributed by atoms with Crippen molar-refractivity contribution in [3.05, 3.63) is 54.0 Å². The molecule has 2 N–H and O–H groups in total. The van der Waals surface area contributed by atoms with Crippen LogP contribution in [0.3, 0.4) is 0 Å². The SMILES string of the molecule is O=C(CCNS(=O)(=O)c1ccccc1)N[C@@H]1CCCc2occc21. The maximum Gasteiger partial charge on any atom is 0.240 e. The van der Waals surface area contributed by atoms with E-state index in [0.29, 0.717) is 0 Å². The first kappa shape index (κ1) is 16.7. The summed E-state index contributed by atoms with van der Waals surface area (Å²) in [6.45, 7) is 0.0635. The molecule has 24 heavy (non-hydrogen) atoms. The van der Waals surface area contributed by atoms with Crippen LogP contribution in [0, 0.1) is 0 Å². The van der Waals surface area contributed by atoms with Gasteiger partial charge in [-0.3, -0.25) is 4.79 Å². The Morgan fingerprint density at radius 3 is 2.79 bits per heavy atom. The quantitative estimate of drug-likeness (QED) is 0.837. The maximum atomic E-state index is 12.1. The Morgan fingerprint density at radius 1 is 1.21 bits per heavy atom. The second-order valence-corrected chi connectivity index (χ2v) is 7.54. The summed E-state index contributed by atoms with van der Waals surface area (Å²) in [7, 11) is -3.57. The molecule has 128 valence electrons. The summed E-state index contributed by atoms with van der Waals surface area (Å²) < 4.78 is 32.0. The van der Waals surface area contributed by atoms with Crippen molar-refractivity contribution in [2.45, 2.75) is 36.6 Å². The summed E-state index contributed by atoms with van der Waals surface area (Å²) >= 11 is 0. The highest BCUT2D eigenvalue weighted by Gasteiger charge is 2.24. The highest BCUT2D eigenvalue weighted by Crippen LogP contribution is 2.30. The highest BCUT2D eigenvalue weighted by atomic mass is 32.2. The van der Waals surface area contributed by atoms with E-state index in [-0.39, 0.29) is 29.8 Å². The average Bonchev–Trinajstić information content (AvgIpc) is 3.05. The average molecular weight is 348 g/mol. The number of hydrogen-bond donors (Lipinski definition) is 2.